The first kappa shape index (κ1) is 17.0. The Kier molecular flexibility index (Phi) is 5.33. The molecular weight excluding hydrogens is 318 g/mol. The van der Waals surface area contributed by atoms with Crippen LogP contribution in [0.2, 0.25) is 0 Å². The summed E-state index contributed by atoms with van der Waals surface area (Å²) in [6.07, 6.45) is 3.44. The molecule has 2 aromatic rings. The highest BCUT2D eigenvalue weighted by atomic mass is 16.5. The number of rotatable bonds is 5. The number of carbonyl (C=O) groups excluding carboxylic acids is 1. The van der Waals surface area contributed by atoms with Crippen molar-refractivity contribution in [1.29, 1.82) is 5.26 Å². The van der Waals surface area contributed by atoms with Gasteiger partial charge in [0.15, 0.2) is 0 Å². The summed E-state index contributed by atoms with van der Waals surface area (Å²) in [6, 6.07) is 11.2. The van der Waals surface area contributed by atoms with Gasteiger partial charge in [0.05, 0.1) is 17.7 Å². The van der Waals surface area contributed by atoms with Gasteiger partial charge in [0.1, 0.15) is 12.0 Å². The summed E-state index contributed by atoms with van der Waals surface area (Å²) < 4.78 is 5.65. The van der Waals surface area contributed by atoms with Crippen LogP contribution in [-0.2, 0) is 4.74 Å². The molecular formula is C18H19N5O2. The Bertz CT molecular complexity index is 775. The lowest BCUT2D eigenvalue weighted by atomic mass is 9.98. The number of nitrogens with one attached hydrogen (secondary N) is 2. The summed E-state index contributed by atoms with van der Waals surface area (Å²) in [7, 11) is 1.65. The zero-order valence-electron chi connectivity index (χ0n) is 13.8. The van der Waals surface area contributed by atoms with Crippen molar-refractivity contribution in [2.24, 2.45) is 0 Å². The van der Waals surface area contributed by atoms with E-state index >= 15 is 0 Å². The van der Waals surface area contributed by atoms with E-state index in [1.807, 2.05) is 18.2 Å². The van der Waals surface area contributed by atoms with E-state index in [0.717, 1.165) is 12.0 Å². The zero-order valence-corrected chi connectivity index (χ0v) is 13.8. The highest BCUT2D eigenvalue weighted by molar-refractivity contribution is 5.92. The third-order valence-electron chi connectivity index (χ3n) is 4.28. The fraction of sp³-hybridized carbons (Fsp3) is 0.333. The second-order valence-electron chi connectivity index (χ2n) is 5.91. The van der Waals surface area contributed by atoms with E-state index in [1.165, 1.54) is 6.33 Å². The Hall–Kier alpha value is -2.82. The van der Waals surface area contributed by atoms with Crippen molar-refractivity contribution in [2.45, 2.75) is 24.6 Å². The molecule has 1 aromatic carbocycles. The van der Waals surface area contributed by atoms with Gasteiger partial charge >= 0.3 is 0 Å². The topological polar surface area (TPSA) is 99.9 Å². The standard InChI is InChI=1S/C18H19N5O2/c1-25-17(13-4-2-3-12(7-13)9-19)16-8-14(10-21-16)23-18(24)15-5-6-20-11-22-15/h2-7,11,14,16-17,21H,8,10H2,1H3,(H,23,24)/t14-,16+,17?/m1/s1. The highest BCUT2D eigenvalue weighted by Crippen LogP contribution is 2.27. The molecule has 3 rings (SSSR count). The summed E-state index contributed by atoms with van der Waals surface area (Å²) >= 11 is 0. The van der Waals surface area contributed by atoms with Crippen LogP contribution in [0, 0.1) is 11.3 Å². The number of amides is 1. The molecule has 3 atom stereocenters. The monoisotopic (exact) mass is 337 g/mol. The van der Waals surface area contributed by atoms with Crippen LogP contribution < -0.4 is 10.6 Å². The van der Waals surface area contributed by atoms with Crippen LogP contribution >= 0.6 is 0 Å². The average Bonchev–Trinajstić information content (AvgIpc) is 3.11. The van der Waals surface area contributed by atoms with Gasteiger partial charge in [0.25, 0.3) is 5.91 Å². The third-order valence-corrected chi connectivity index (χ3v) is 4.28. The maximum atomic E-state index is 12.2. The van der Waals surface area contributed by atoms with Gasteiger partial charge in [-0.25, -0.2) is 9.97 Å². The molecule has 0 radical (unpaired) electrons. The Morgan fingerprint density at radius 2 is 2.36 bits per heavy atom. The molecule has 7 heteroatoms. The number of ether oxygens (including phenoxy) is 1. The summed E-state index contributed by atoms with van der Waals surface area (Å²) in [6.45, 7) is 0.652. The van der Waals surface area contributed by atoms with Crippen molar-refractivity contribution in [2.75, 3.05) is 13.7 Å². The number of hydrogen-bond donors (Lipinski definition) is 2. The second kappa shape index (κ2) is 7.83. The second-order valence-corrected chi connectivity index (χ2v) is 5.91. The predicted molar refractivity (Wildman–Crippen MR) is 90.6 cm³/mol. The molecule has 1 aliphatic rings. The van der Waals surface area contributed by atoms with E-state index in [0.29, 0.717) is 17.8 Å². The van der Waals surface area contributed by atoms with E-state index in [1.54, 1.807) is 25.4 Å². The van der Waals surface area contributed by atoms with Crippen molar-refractivity contribution < 1.29 is 9.53 Å². The van der Waals surface area contributed by atoms with Gasteiger partial charge in [-0.15, -0.1) is 0 Å². The van der Waals surface area contributed by atoms with E-state index in [2.05, 4.69) is 26.7 Å². The number of nitriles is 1. The lowest BCUT2D eigenvalue weighted by molar-refractivity contribution is 0.0729. The van der Waals surface area contributed by atoms with Crippen LogP contribution in [0.5, 0.6) is 0 Å². The molecule has 7 nitrogen and oxygen atoms in total. The molecule has 2 heterocycles. The third kappa shape index (κ3) is 3.99. The first-order chi connectivity index (χ1) is 12.2. The van der Waals surface area contributed by atoms with Crippen molar-refractivity contribution >= 4 is 5.91 Å². The van der Waals surface area contributed by atoms with Gasteiger partial charge in [-0.2, -0.15) is 5.26 Å². The first-order valence-electron chi connectivity index (χ1n) is 8.04. The molecule has 1 amide bonds. The SMILES string of the molecule is COC(c1cccc(C#N)c1)[C@@H]1C[C@@H](NC(=O)c2ccncn2)CN1. The fourth-order valence-corrected chi connectivity index (χ4v) is 3.11. The number of hydrogen-bond acceptors (Lipinski definition) is 6. The van der Waals surface area contributed by atoms with E-state index in [9.17, 15) is 4.79 Å². The molecule has 2 N–H and O–H groups in total. The van der Waals surface area contributed by atoms with Gasteiger partial charge in [0, 0.05) is 31.9 Å². The van der Waals surface area contributed by atoms with Crippen LogP contribution in [0.4, 0.5) is 0 Å². The normalized spacial score (nSPS) is 20.6. The molecule has 1 aromatic heterocycles. The van der Waals surface area contributed by atoms with Crippen LogP contribution in [0.1, 0.15) is 34.1 Å². The summed E-state index contributed by atoms with van der Waals surface area (Å²) in [4.78, 5) is 20.0. The maximum absolute atomic E-state index is 12.2. The summed E-state index contributed by atoms with van der Waals surface area (Å²) in [5.74, 6) is -0.213. The van der Waals surface area contributed by atoms with Crippen molar-refractivity contribution in [1.82, 2.24) is 20.6 Å². The van der Waals surface area contributed by atoms with E-state index < -0.39 is 0 Å². The molecule has 0 spiro atoms. The predicted octanol–water partition coefficient (Wildman–Crippen LogP) is 1.20. The van der Waals surface area contributed by atoms with Gasteiger partial charge in [-0.1, -0.05) is 12.1 Å². The van der Waals surface area contributed by atoms with E-state index in [-0.39, 0.29) is 24.1 Å². The molecule has 1 saturated heterocycles. The Morgan fingerprint density at radius 1 is 1.48 bits per heavy atom. The lowest BCUT2D eigenvalue weighted by Crippen LogP contribution is -2.36. The van der Waals surface area contributed by atoms with Crippen molar-refractivity contribution in [3.63, 3.8) is 0 Å². The van der Waals surface area contributed by atoms with E-state index in [4.69, 9.17) is 10.00 Å². The van der Waals surface area contributed by atoms with Gasteiger partial charge < -0.3 is 15.4 Å². The molecule has 1 unspecified atom stereocenters. The first-order valence-corrected chi connectivity index (χ1v) is 8.04. The van der Waals surface area contributed by atoms with Crippen LogP contribution in [0.15, 0.2) is 42.9 Å². The molecule has 25 heavy (non-hydrogen) atoms. The molecule has 128 valence electrons. The van der Waals surface area contributed by atoms with Crippen molar-refractivity contribution in [3.8, 4) is 6.07 Å². The Labute approximate surface area is 146 Å². The fourth-order valence-electron chi connectivity index (χ4n) is 3.11. The van der Waals surface area contributed by atoms with Gasteiger partial charge in [-0.3, -0.25) is 4.79 Å². The van der Waals surface area contributed by atoms with Gasteiger partial charge in [0.2, 0.25) is 0 Å². The number of benzene rings is 1. The highest BCUT2D eigenvalue weighted by Gasteiger charge is 2.32. The van der Waals surface area contributed by atoms with Crippen LogP contribution in [0.3, 0.4) is 0 Å². The zero-order chi connectivity index (χ0) is 17.6. The molecule has 0 saturated carbocycles. The van der Waals surface area contributed by atoms with Crippen LogP contribution in [-0.4, -0.2) is 41.6 Å². The Balaban J connectivity index is 1.65. The number of aromatic nitrogens is 2. The molecule has 1 aliphatic heterocycles. The maximum Gasteiger partial charge on any atom is 0.270 e. The number of carbonyl (C=O) groups is 1. The smallest absolute Gasteiger partial charge is 0.270 e. The quantitative estimate of drug-likeness (QED) is 0.850. The minimum Gasteiger partial charge on any atom is -0.375 e. The lowest BCUT2D eigenvalue weighted by Gasteiger charge is -2.23. The average molecular weight is 337 g/mol. The minimum atomic E-state index is -0.213. The Morgan fingerprint density at radius 3 is 3.08 bits per heavy atom. The molecule has 0 aliphatic carbocycles. The molecule has 1 fully saturated rings. The number of methoxy groups -OCH3 is 1. The number of nitrogens with zero attached hydrogens (tertiary/aromatic N) is 3. The van der Waals surface area contributed by atoms with Crippen molar-refractivity contribution in [3.05, 3.63) is 59.7 Å². The largest absolute Gasteiger partial charge is 0.375 e. The molecule has 0 bridgehead atoms. The summed E-state index contributed by atoms with van der Waals surface area (Å²) in [5, 5.41) is 15.4. The summed E-state index contributed by atoms with van der Waals surface area (Å²) in [5.41, 5.74) is 1.90. The minimum absolute atomic E-state index is 0.00994. The van der Waals surface area contributed by atoms with Crippen LogP contribution in [0.25, 0.3) is 0 Å². The van der Waals surface area contributed by atoms with Gasteiger partial charge in [-0.05, 0) is 30.2 Å².